The van der Waals surface area contributed by atoms with Crippen LogP contribution in [-0.4, -0.2) is 22.0 Å². The van der Waals surface area contributed by atoms with Crippen LogP contribution in [0.3, 0.4) is 0 Å². The van der Waals surface area contributed by atoms with E-state index in [2.05, 4.69) is 10.3 Å². The molecular formula is C13H18N2O3S. The highest BCUT2D eigenvalue weighted by molar-refractivity contribution is 7.11. The Labute approximate surface area is 116 Å². The van der Waals surface area contributed by atoms with Gasteiger partial charge in [-0.3, -0.25) is 4.79 Å². The molecule has 1 amide bonds. The van der Waals surface area contributed by atoms with E-state index in [1.54, 1.807) is 17.5 Å². The van der Waals surface area contributed by atoms with Crippen molar-refractivity contribution in [3.05, 3.63) is 27.2 Å². The lowest BCUT2D eigenvalue weighted by molar-refractivity contribution is -0.133. The van der Waals surface area contributed by atoms with Crippen LogP contribution in [0.25, 0.3) is 0 Å². The van der Waals surface area contributed by atoms with Gasteiger partial charge in [0.1, 0.15) is 5.01 Å². The van der Waals surface area contributed by atoms with Crippen molar-refractivity contribution in [1.82, 2.24) is 10.3 Å². The Bertz CT molecular complexity index is 520. The summed E-state index contributed by atoms with van der Waals surface area (Å²) in [5.41, 5.74) is 0.268. The van der Waals surface area contributed by atoms with Crippen molar-refractivity contribution in [3.8, 4) is 0 Å². The van der Waals surface area contributed by atoms with Crippen molar-refractivity contribution in [2.24, 2.45) is 0 Å². The summed E-state index contributed by atoms with van der Waals surface area (Å²) in [7, 11) is 0. The number of aromatic nitrogens is 1. The predicted molar refractivity (Wildman–Crippen MR) is 74.1 cm³/mol. The molecular weight excluding hydrogens is 264 g/mol. The van der Waals surface area contributed by atoms with Gasteiger partial charge in [0, 0.05) is 22.2 Å². The molecule has 1 heterocycles. The summed E-state index contributed by atoms with van der Waals surface area (Å²) in [5.74, 6) is -1.46. The molecule has 5 nitrogen and oxygen atoms in total. The SMILES string of the molecule is CCc1cnc(C(C)NC(=O)C(C)=C(C)C(=O)O)s1. The number of carboxylic acids is 1. The van der Waals surface area contributed by atoms with Crippen molar-refractivity contribution < 1.29 is 14.7 Å². The molecule has 1 rings (SSSR count). The number of hydrogen-bond acceptors (Lipinski definition) is 4. The number of nitrogens with zero attached hydrogens (tertiary/aromatic N) is 1. The lowest BCUT2D eigenvalue weighted by Gasteiger charge is -2.12. The smallest absolute Gasteiger partial charge is 0.331 e. The lowest BCUT2D eigenvalue weighted by Crippen LogP contribution is -2.28. The molecule has 0 spiro atoms. The molecule has 0 aliphatic carbocycles. The summed E-state index contributed by atoms with van der Waals surface area (Å²) in [6.07, 6.45) is 2.71. The van der Waals surface area contributed by atoms with Gasteiger partial charge in [-0.1, -0.05) is 6.92 Å². The van der Waals surface area contributed by atoms with Crippen molar-refractivity contribution in [2.75, 3.05) is 0 Å². The Hall–Kier alpha value is -1.69. The van der Waals surface area contributed by atoms with Crippen LogP contribution >= 0.6 is 11.3 Å². The van der Waals surface area contributed by atoms with Crippen molar-refractivity contribution >= 4 is 23.2 Å². The number of carbonyl (C=O) groups is 2. The summed E-state index contributed by atoms with van der Waals surface area (Å²) in [6, 6.07) is -0.227. The first kappa shape index (κ1) is 15.4. The number of nitrogens with one attached hydrogen (secondary N) is 1. The summed E-state index contributed by atoms with van der Waals surface area (Å²) in [4.78, 5) is 28.1. The average molecular weight is 282 g/mol. The fraction of sp³-hybridized carbons (Fsp3) is 0.462. The third-order valence-electron chi connectivity index (χ3n) is 2.86. The van der Waals surface area contributed by atoms with E-state index in [-0.39, 0.29) is 23.1 Å². The molecule has 104 valence electrons. The molecule has 1 aromatic heterocycles. The van der Waals surface area contributed by atoms with Gasteiger partial charge in [0.15, 0.2) is 0 Å². The number of aryl methyl sites for hydroxylation is 1. The van der Waals surface area contributed by atoms with E-state index in [1.807, 2.05) is 13.8 Å². The molecule has 1 unspecified atom stereocenters. The number of amides is 1. The summed E-state index contributed by atoms with van der Waals surface area (Å²) < 4.78 is 0. The molecule has 0 radical (unpaired) electrons. The molecule has 0 saturated carbocycles. The van der Waals surface area contributed by atoms with Gasteiger partial charge >= 0.3 is 5.97 Å². The molecule has 0 bridgehead atoms. The number of hydrogen-bond donors (Lipinski definition) is 2. The van der Waals surface area contributed by atoms with Gasteiger partial charge < -0.3 is 10.4 Å². The Kier molecular flexibility index (Phi) is 5.23. The molecule has 0 aromatic carbocycles. The largest absolute Gasteiger partial charge is 0.478 e. The van der Waals surface area contributed by atoms with Gasteiger partial charge in [0.05, 0.1) is 6.04 Å². The van der Waals surface area contributed by atoms with Gasteiger partial charge in [0.2, 0.25) is 5.91 Å². The van der Waals surface area contributed by atoms with Crippen LogP contribution in [0.15, 0.2) is 17.3 Å². The van der Waals surface area contributed by atoms with Crippen LogP contribution in [0.4, 0.5) is 0 Å². The minimum Gasteiger partial charge on any atom is -0.478 e. The number of thiazole rings is 1. The minimum absolute atomic E-state index is 0.0538. The molecule has 0 fully saturated rings. The van der Waals surface area contributed by atoms with E-state index in [1.165, 1.54) is 13.8 Å². The fourth-order valence-electron chi connectivity index (χ4n) is 1.38. The number of carbonyl (C=O) groups excluding carboxylic acids is 1. The highest BCUT2D eigenvalue weighted by Crippen LogP contribution is 2.20. The molecule has 2 N–H and O–H groups in total. The highest BCUT2D eigenvalue weighted by atomic mass is 32.1. The number of carboxylic acid groups (broad SMARTS) is 1. The van der Waals surface area contributed by atoms with Gasteiger partial charge in [-0.25, -0.2) is 9.78 Å². The van der Waals surface area contributed by atoms with E-state index >= 15 is 0 Å². The van der Waals surface area contributed by atoms with E-state index in [0.29, 0.717) is 0 Å². The third-order valence-corrected chi connectivity index (χ3v) is 4.19. The zero-order valence-electron chi connectivity index (χ0n) is 11.5. The molecule has 6 heteroatoms. The molecule has 0 aliphatic heterocycles. The molecule has 1 aromatic rings. The van der Waals surface area contributed by atoms with E-state index < -0.39 is 5.97 Å². The Morgan fingerprint density at radius 2 is 2.05 bits per heavy atom. The quantitative estimate of drug-likeness (QED) is 0.812. The summed E-state index contributed by atoms with van der Waals surface area (Å²) in [5, 5.41) is 12.4. The van der Waals surface area contributed by atoms with Gasteiger partial charge in [-0.15, -0.1) is 11.3 Å². The second kappa shape index (κ2) is 6.47. The Morgan fingerprint density at radius 1 is 1.42 bits per heavy atom. The molecule has 1 atom stereocenters. The fourth-order valence-corrected chi connectivity index (χ4v) is 2.24. The van der Waals surface area contributed by atoms with E-state index in [4.69, 9.17) is 5.11 Å². The maximum Gasteiger partial charge on any atom is 0.331 e. The third kappa shape index (κ3) is 3.89. The monoisotopic (exact) mass is 282 g/mol. The number of aliphatic carboxylic acids is 1. The second-order valence-corrected chi connectivity index (χ2v) is 5.42. The molecule has 0 aliphatic rings. The van der Waals surface area contributed by atoms with Crippen molar-refractivity contribution in [1.29, 1.82) is 0 Å². The van der Waals surface area contributed by atoms with Gasteiger partial charge in [0.25, 0.3) is 0 Å². The Morgan fingerprint density at radius 3 is 2.53 bits per heavy atom. The zero-order valence-corrected chi connectivity index (χ0v) is 12.3. The Balaban J connectivity index is 2.77. The van der Waals surface area contributed by atoms with Crippen LogP contribution in [0.1, 0.15) is 43.6 Å². The van der Waals surface area contributed by atoms with Crippen LogP contribution in [-0.2, 0) is 16.0 Å². The second-order valence-electron chi connectivity index (χ2n) is 4.27. The predicted octanol–water partition coefficient (Wildman–Crippen LogP) is 2.30. The summed E-state index contributed by atoms with van der Waals surface area (Å²) >= 11 is 1.55. The average Bonchev–Trinajstić information content (AvgIpc) is 2.85. The number of rotatable bonds is 5. The van der Waals surface area contributed by atoms with E-state index in [0.717, 1.165) is 16.3 Å². The zero-order chi connectivity index (χ0) is 14.6. The first-order chi connectivity index (χ1) is 8.86. The van der Waals surface area contributed by atoms with Crippen LogP contribution in [0, 0.1) is 0 Å². The summed E-state index contributed by atoms with van der Waals surface area (Å²) in [6.45, 7) is 6.80. The molecule has 0 saturated heterocycles. The van der Waals surface area contributed by atoms with Crippen molar-refractivity contribution in [3.63, 3.8) is 0 Å². The maximum absolute atomic E-state index is 11.9. The molecule has 19 heavy (non-hydrogen) atoms. The van der Waals surface area contributed by atoms with E-state index in [9.17, 15) is 9.59 Å². The van der Waals surface area contributed by atoms with Gasteiger partial charge in [-0.05, 0) is 27.2 Å². The normalized spacial score (nSPS) is 13.7. The highest BCUT2D eigenvalue weighted by Gasteiger charge is 2.17. The van der Waals surface area contributed by atoms with Gasteiger partial charge in [-0.2, -0.15) is 0 Å². The lowest BCUT2D eigenvalue weighted by atomic mass is 10.1. The van der Waals surface area contributed by atoms with Crippen molar-refractivity contribution in [2.45, 2.75) is 40.2 Å². The maximum atomic E-state index is 11.9. The van der Waals surface area contributed by atoms with Crippen LogP contribution < -0.4 is 5.32 Å². The topological polar surface area (TPSA) is 79.3 Å². The first-order valence-electron chi connectivity index (χ1n) is 6.03. The van der Waals surface area contributed by atoms with Crippen LogP contribution in [0.5, 0.6) is 0 Å². The standard InChI is InChI=1S/C13H18N2O3S/c1-5-10-6-14-12(19-10)9(4)15-11(16)7(2)8(3)13(17)18/h6,9H,5H2,1-4H3,(H,15,16)(H,17,18). The van der Waals surface area contributed by atoms with Crippen LogP contribution in [0.2, 0.25) is 0 Å². The minimum atomic E-state index is -1.08. The first-order valence-corrected chi connectivity index (χ1v) is 6.84.